The summed E-state index contributed by atoms with van der Waals surface area (Å²) in [7, 11) is 1.61. The number of carbonyl (C=O) groups is 2. The summed E-state index contributed by atoms with van der Waals surface area (Å²) in [6.45, 7) is 3.80. The summed E-state index contributed by atoms with van der Waals surface area (Å²) in [5.41, 5.74) is 5.07. The minimum atomic E-state index is -0.753. The number of benzene rings is 3. The molecule has 206 valence electrons. The highest BCUT2D eigenvalue weighted by molar-refractivity contribution is 6.03. The first-order valence-electron chi connectivity index (χ1n) is 12.9. The van der Waals surface area contributed by atoms with E-state index in [2.05, 4.69) is 22.8 Å². The van der Waals surface area contributed by atoms with Gasteiger partial charge in [0.05, 0.1) is 25.4 Å². The van der Waals surface area contributed by atoms with Crippen LogP contribution < -0.4 is 20.1 Å². The number of nitrogens with zero attached hydrogens (tertiary/aromatic N) is 1. The zero-order valence-corrected chi connectivity index (χ0v) is 22.9. The zero-order valence-electron chi connectivity index (χ0n) is 22.1. The van der Waals surface area contributed by atoms with Crippen molar-refractivity contribution in [1.29, 1.82) is 0 Å². The number of halogens is 1. The highest BCUT2D eigenvalue weighted by Gasteiger charge is 2.31. The first-order chi connectivity index (χ1) is 18.5. The predicted octanol–water partition coefficient (Wildman–Crippen LogP) is 3.48. The Kier molecular flexibility index (Phi) is 9.12. The third kappa shape index (κ3) is 6.19. The fourth-order valence-electron chi connectivity index (χ4n) is 5.16. The van der Waals surface area contributed by atoms with Gasteiger partial charge in [-0.05, 0) is 59.9 Å². The molecule has 3 aromatic rings. The van der Waals surface area contributed by atoms with E-state index in [9.17, 15) is 14.7 Å². The normalized spacial score (nSPS) is 16.5. The molecule has 0 aromatic heterocycles. The minimum Gasteiger partial charge on any atom is -0.497 e. The number of carbonyl (C=O) groups excluding carboxylic acids is 2. The Morgan fingerprint density at radius 1 is 1.13 bits per heavy atom. The molecule has 3 aromatic carbocycles. The zero-order chi connectivity index (χ0) is 26.6. The van der Waals surface area contributed by atoms with Gasteiger partial charge in [0.25, 0.3) is 11.8 Å². The number of fused-ring (bicyclic) bond motifs is 2. The summed E-state index contributed by atoms with van der Waals surface area (Å²) >= 11 is 0. The molecule has 0 saturated carbocycles. The fraction of sp³-hybridized carbons (Fsp3) is 0.333. The Morgan fingerprint density at radius 3 is 2.69 bits per heavy atom. The second-order valence-electron chi connectivity index (χ2n) is 9.69. The fourth-order valence-corrected chi connectivity index (χ4v) is 5.16. The van der Waals surface area contributed by atoms with Crippen molar-refractivity contribution < 1.29 is 24.2 Å². The van der Waals surface area contributed by atoms with Crippen LogP contribution in [-0.2, 0) is 26.1 Å². The van der Waals surface area contributed by atoms with Crippen LogP contribution in [0.3, 0.4) is 0 Å². The van der Waals surface area contributed by atoms with Crippen LogP contribution >= 0.6 is 12.4 Å². The maximum absolute atomic E-state index is 13.2. The molecule has 0 fully saturated rings. The van der Waals surface area contributed by atoms with Gasteiger partial charge in [0.15, 0.2) is 0 Å². The number of nitrogens with one attached hydrogen (secondary N) is 2. The average Bonchev–Trinajstić information content (AvgIpc) is 3.24. The number of hydrogen-bond acceptors (Lipinski definition) is 6. The molecule has 2 aliphatic heterocycles. The third-order valence-electron chi connectivity index (χ3n) is 7.19. The second kappa shape index (κ2) is 12.5. The van der Waals surface area contributed by atoms with Gasteiger partial charge >= 0.3 is 0 Å². The lowest BCUT2D eigenvalue weighted by Gasteiger charge is -2.30. The summed E-state index contributed by atoms with van der Waals surface area (Å²) in [4.78, 5) is 28.1. The van der Waals surface area contributed by atoms with Crippen molar-refractivity contribution in [1.82, 2.24) is 15.5 Å². The van der Waals surface area contributed by atoms with Crippen molar-refractivity contribution in [2.75, 3.05) is 20.3 Å². The molecular weight excluding hydrogens is 518 g/mol. The summed E-state index contributed by atoms with van der Waals surface area (Å²) < 4.78 is 11.1. The van der Waals surface area contributed by atoms with E-state index in [0.29, 0.717) is 49.5 Å². The van der Waals surface area contributed by atoms with Crippen LogP contribution in [0.25, 0.3) is 0 Å². The number of ether oxygens (including phenoxy) is 2. The van der Waals surface area contributed by atoms with Crippen molar-refractivity contribution in [2.24, 2.45) is 0 Å². The summed E-state index contributed by atoms with van der Waals surface area (Å²) in [6.07, 6.45) is -0.0567. The Hall–Kier alpha value is -3.59. The maximum Gasteiger partial charge on any atom is 0.255 e. The van der Waals surface area contributed by atoms with Crippen molar-refractivity contribution in [3.05, 3.63) is 94.0 Å². The smallest absolute Gasteiger partial charge is 0.255 e. The van der Waals surface area contributed by atoms with E-state index in [1.54, 1.807) is 24.1 Å². The predicted molar refractivity (Wildman–Crippen MR) is 151 cm³/mol. The van der Waals surface area contributed by atoms with Crippen LogP contribution in [0.4, 0.5) is 0 Å². The van der Waals surface area contributed by atoms with Gasteiger partial charge in [-0.1, -0.05) is 36.4 Å². The first kappa shape index (κ1) is 28.4. The molecule has 0 unspecified atom stereocenters. The largest absolute Gasteiger partial charge is 0.497 e. The van der Waals surface area contributed by atoms with Crippen LogP contribution in [0.5, 0.6) is 11.5 Å². The van der Waals surface area contributed by atoms with E-state index in [-0.39, 0.29) is 36.8 Å². The molecule has 2 atom stereocenters. The van der Waals surface area contributed by atoms with E-state index in [0.717, 1.165) is 16.9 Å². The van der Waals surface area contributed by atoms with Crippen molar-refractivity contribution in [3.63, 3.8) is 0 Å². The van der Waals surface area contributed by atoms with Gasteiger partial charge in [0.1, 0.15) is 11.5 Å². The second-order valence-corrected chi connectivity index (χ2v) is 9.69. The third-order valence-corrected chi connectivity index (χ3v) is 7.19. The van der Waals surface area contributed by atoms with Crippen LogP contribution in [0.1, 0.15) is 49.9 Å². The minimum absolute atomic E-state index is 0. The molecule has 0 aliphatic carbocycles. The van der Waals surface area contributed by atoms with Gasteiger partial charge in [-0.15, -0.1) is 12.4 Å². The van der Waals surface area contributed by atoms with Crippen LogP contribution in [0.15, 0.2) is 60.7 Å². The number of rotatable bonds is 9. The molecule has 5 rings (SSSR count). The molecule has 0 radical (unpaired) electrons. The quantitative estimate of drug-likeness (QED) is 0.376. The SMILES string of the molecule is CCOc1cc2c(cc1C(=O)NC[C@@H](O)[C@@H]1Cc3ccccc3CN1)CN(Cc1cccc(OC)c1)C2=O.Cl. The molecule has 0 saturated heterocycles. The number of aliphatic hydroxyl groups excluding tert-OH is 1. The highest BCUT2D eigenvalue weighted by Crippen LogP contribution is 2.32. The Balaban J connectivity index is 0.00000353. The number of methoxy groups -OCH3 is 1. The molecule has 0 bridgehead atoms. The maximum atomic E-state index is 13.2. The topological polar surface area (TPSA) is 100 Å². The Labute approximate surface area is 234 Å². The van der Waals surface area contributed by atoms with Gasteiger partial charge in [-0.2, -0.15) is 0 Å². The number of amides is 2. The number of aliphatic hydroxyl groups is 1. The van der Waals surface area contributed by atoms with E-state index in [1.807, 2.05) is 43.3 Å². The Morgan fingerprint density at radius 2 is 1.92 bits per heavy atom. The van der Waals surface area contributed by atoms with E-state index >= 15 is 0 Å². The van der Waals surface area contributed by atoms with Crippen LogP contribution in [0.2, 0.25) is 0 Å². The Bertz CT molecular complexity index is 1350. The van der Waals surface area contributed by atoms with Gasteiger partial charge in [0, 0.05) is 37.8 Å². The van der Waals surface area contributed by atoms with Gasteiger partial charge < -0.3 is 30.1 Å². The molecule has 2 aliphatic rings. The first-order valence-corrected chi connectivity index (χ1v) is 12.9. The lowest BCUT2D eigenvalue weighted by Crippen LogP contribution is -2.49. The monoisotopic (exact) mass is 551 g/mol. The highest BCUT2D eigenvalue weighted by atomic mass is 35.5. The molecule has 0 spiro atoms. The van der Waals surface area contributed by atoms with Crippen molar-refractivity contribution >= 4 is 24.2 Å². The van der Waals surface area contributed by atoms with E-state index < -0.39 is 6.10 Å². The summed E-state index contributed by atoms with van der Waals surface area (Å²) in [6, 6.07) is 19.0. The van der Waals surface area contributed by atoms with Crippen molar-refractivity contribution in [2.45, 2.75) is 45.1 Å². The summed E-state index contributed by atoms with van der Waals surface area (Å²) in [5.74, 6) is 0.652. The lowest BCUT2D eigenvalue weighted by molar-refractivity contribution is 0.0766. The standard InChI is InChI=1S/C30H33N3O5.ClH/c1-3-38-28-14-24-22(18-33(30(24)36)17-19-7-6-10-23(11-19)37-2)12-25(28)29(35)32-16-27(34)26-13-20-8-4-5-9-21(20)15-31-26;/h4-12,14,26-27,31,34H,3,13,15-18H2,1-2H3,(H,32,35);1H/t26-,27+;/m0./s1. The molecule has 39 heavy (non-hydrogen) atoms. The van der Waals surface area contributed by atoms with E-state index in [4.69, 9.17) is 9.47 Å². The average molecular weight is 552 g/mol. The van der Waals surface area contributed by atoms with Crippen LogP contribution in [0, 0.1) is 0 Å². The summed E-state index contributed by atoms with van der Waals surface area (Å²) in [5, 5.41) is 17.0. The van der Waals surface area contributed by atoms with Crippen molar-refractivity contribution in [3.8, 4) is 11.5 Å². The van der Waals surface area contributed by atoms with E-state index in [1.165, 1.54) is 11.1 Å². The van der Waals surface area contributed by atoms with Gasteiger partial charge in [0.2, 0.25) is 0 Å². The lowest BCUT2D eigenvalue weighted by atomic mass is 9.93. The molecule has 9 heteroatoms. The molecular formula is C30H34ClN3O5. The van der Waals surface area contributed by atoms with Gasteiger partial charge in [-0.25, -0.2) is 0 Å². The molecule has 2 amide bonds. The van der Waals surface area contributed by atoms with Gasteiger partial charge in [-0.3, -0.25) is 9.59 Å². The molecule has 3 N–H and O–H groups in total. The number of hydrogen-bond donors (Lipinski definition) is 3. The molecule has 8 nitrogen and oxygen atoms in total. The van der Waals surface area contributed by atoms with Crippen LogP contribution in [-0.4, -0.2) is 54.2 Å². The molecule has 2 heterocycles.